The van der Waals surface area contributed by atoms with Crippen molar-refractivity contribution >= 4 is 0 Å². The van der Waals surface area contributed by atoms with Crippen LogP contribution < -0.4 is 0 Å². The largest absolute Gasteiger partial charge is 0.508 e. The Hall–Kier alpha value is -2.58. The van der Waals surface area contributed by atoms with Gasteiger partial charge in [0.2, 0.25) is 0 Å². The highest BCUT2D eigenvalue weighted by atomic mass is 16.3. The maximum atomic E-state index is 11.7. The minimum atomic E-state index is -0.936. The van der Waals surface area contributed by atoms with E-state index in [4.69, 9.17) is 0 Å². The zero-order valence-electron chi connectivity index (χ0n) is 13.4. The summed E-state index contributed by atoms with van der Waals surface area (Å²) in [7, 11) is 0. The van der Waals surface area contributed by atoms with Gasteiger partial charge >= 0.3 is 0 Å². The van der Waals surface area contributed by atoms with Gasteiger partial charge in [0.25, 0.3) is 0 Å². The van der Waals surface area contributed by atoms with E-state index in [1.54, 1.807) is 12.1 Å². The lowest BCUT2D eigenvalue weighted by Crippen LogP contribution is -2.32. The van der Waals surface area contributed by atoms with Crippen LogP contribution >= 0.6 is 0 Å². The van der Waals surface area contributed by atoms with Crippen LogP contribution in [0.4, 0.5) is 0 Å². The van der Waals surface area contributed by atoms with Gasteiger partial charge in [-0.2, -0.15) is 0 Å². The SMILES string of the molecule is Oc1ccc(CC2(O)c3ccccc3CC2c2ccccc2)cc1. The maximum Gasteiger partial charge on any atom is 0.115 e. The highest BCUT2D eigenvalue weighted by Gasteiger charge is 2.45. The first-order chi connectivity index (χ1) is 11.7. The second-order valence-electron chi connectivity index (χ2n) is 6.59. The van der Waals surface area contributed by atoms with Crippen LogP contribution in [0.1, 0.15) is 28.2 Å². The van der Waals surface area contributed by atoms with Gasteiger partial charge in [0.05, 0.1) is 0 Å². The predicted octanol–water partition coefficient (Wildman–Crippen LogP) is 4.16. The predicted molar refractivity (Wildman–Crippen MR) is 95.0 cm³/mol. The van der Waals surface area contributed by atoms with Crippen LogP contribution in [0.2, 0.25) is 0 Å². The number of aliphatic hydroxyl groups is 1. The molecular formula is C22H20O2. The molecule has 0 bridgehead atoms. The molecule has 2 N–H and O–H groups in total. The first kappa shape index (κ1) is 15.0. The van der Waals surface area contributed by atoms with Crippen molar-refractivity contribution in [2.45, 2.75) is 24.4 Å². The maximum absolute atomic E-state index is 11.7. The van der Waals surface area contributed by atoms with Crippen LogP contribution in [0, 0.1) is 0 Å². The lowest BCUT2D eigenvalue weighted by atomic mass is 9.78. The molecule has 2 nitrogen and oxygen atoms in total. The lowest BCUT2D eigenvalue weighted by molar-refractivity contribution is 0.0189. The molecule has 4 rings (SSSR count). The molecule has 0 aromatic heterocycles. The molecule has 0 heterocycles. The third-order valence-electron chi connectivity index (χ3n) is 5.10. The molecule has 1 aliphatic carbocycles. The lowest BCUT2D eigenvalue weighted by Gasteiger charge is -2.32. The average molecular weight is 316 g/mol. The number of fused-ring (bicyclic) bond motifs is 1. The molecule has 0 aliphatic heterocycles. The third kappa shape index (κ3) is 2.49. The quantitative estimate of drug-likeness (QED) is 0.761. The van der Waals surface area contributed by atoms with Gasteiger partial charge in [0.1, 0.15) is 11.4 Å². The van der Waals surface area contributed by atoms with Gasteiger partial charge in [0, 0.05) is 12.3 Å². The Kier molecular flexibility index (Phi) is 3.62. The van der Waals surface area contributed by atoms with Gasteiger partial charge < -0.3 is 10.2 Å². The van der Waals surface area contributed by atoms with Crippen LogP contribution in [-0.2, 0) is 18.4 Å². The Morgan fingerprint density at radius 2 is 1.50 bits per heavy atom. The summed E-state index contributed by atoms with van der Waals surface area (Å²) in [6.07, 6.45) is 1.37. The number of aromatic hydroxyl groups is 1. The number of rotatable bonds is 3. The molecule has 0 fully saturated rings. The van der Waals surface area contributed by atoms with Gasteiger partial charge in [-0.15, -0.1) is 0 Å². The monoisotopic (exact) mass is 316 g/mol. The minimum absolute atomic E-state index is 0.0323. The fraction of sp³-hybridized carbons (Fsp3) is 0.182. The van der Waals surface area contributed by atoms with E-state index in [1.807, 2.05) is 48.5 Å². The normalized spacial score (nSPS) is 22.3. The van der Waals surface area contributed by atoms with Gasteiger partial charge in [-0.1, -0.05) is 66.7 Å². The van der Waals surface area contributed by atoms with E-state index >= 15 is 0 Å². The molecule has 0 amide bonds. The Bertz CT molecular complexity index is 839. The summed E-state index contributed by atoms with van der Waals surface area (Å²) in [6, 6.07) is 25.6. The molecule has 1 aliphatic rings. The Labute approximate surface area is 142 Å². The number of phenolic OH excluding ortho intramolecular Hbond substituents is 1. The molecule has 2 atom stereocenters. The molecule has 0 radical (unpaired) electrons. The van der Waals surface area contributed by atoms with Crippen molar-refractivity contribution in [1.82, 2.24) is 0 Å². The van der Waals surface area contributed by atoms with Gasteiger partial charge in [-0.05, 0) is 40.8 Å². The highest BCUT2D eigenvalue weighted by molar-refractivity contribution is 5.45. The van der Waals surface area contributed by atoms with E-state index in [0.717, 1.165) is 23.1 Å². The van der Waals surface area contributed by atoms with Crippen LogP contribution in [0.3, 0.4) is 0 Å². The number of phenols is 1. The molecular weight excluding hydrogens is 296 g/mol. The second kappa shape index (κ2) is 5.81. The van der Waals surface area contributed by atoms with E-state index < -0.39 is 5.60 Å². The molecule has 2 unspecified atom stereocenters. The fourth-order valence-corrected chi connectivity index (χ4v) is 3.92. The fourth-order valence-electron chi connectivity index (χ4n) is 3.92. The minimum Gasteiger partial charge on any atom is -0.508 e. The molecule has 0 saturated heterocycles. The molecule has 0 spiro atoms. The van der Waals surface area contributed by atoms with Crippen LogP contribution in [0.5, 0.6) is 5.75 Å². The number of benzene rings is 3. The summed E-state index contributed by atoms with van der Waals surface area (Å²) < 4.78 is 0. The Morgan fingerprint density at radius 3 is 2.25 bits per heavy atom. The molecule has 24 heavy (non-hydrogen) atoms. The summed E-state index contributed by atoms with van der Waals surface area (Å²) in [5.74, 6) is 0.280. The van der Waals surface area contributed by atoms with Crippen molar-refractivity contribution in [2.24, 2.45) is 0 Å². The van der Waals surface area contributed by atoms with Crippen LogP contribution in [-0.4, -0.2) is 10.2 Å². The molecule has 2 heteroatoms. The molecule has 3 aromatic carbocycles. The van der Waals surface area contributed by atoms with Crippen molar-refractivity contribution in [3.8, 4) is 5.75 Å². The first-order valence-corrected chi connectivity index (χ1v) is 8.30. The highest BCUT2D eigenvalue weighted by Crippen LogP contribution is 2.48. The molecule has 3 aromatic rings. The standard InChI is InChI=1S/C22H20O2/c23-19-12-10-16(11-13-19)15-22(24)20-9-5-4-8-18(20)14-21(22)17-6-2-1-3-7-17/h1-13,21,23-24H,14-15H2. The summed E-state index contributed by atoms with van der Waals surface area (Å²) in [6.45, 7) is 0. The smallest absolute Gasteiger partial charge is 0.115 e. The molecule has 0 saturated carbocycles. The topological polar surface area (TPSA) is 40.5 Å². The van der Waals surface area contributed by atoms with Crippen molar-refractivity contribution < 1.29 is 10.2 Å². The summed E-state index contributed by atoms with van der Waals surface area (Å²) >= 11 is 0. The number of hydrogen-bond acceptors (Lipinski definition) is 2. The van der Waals surface area contributed by atoms with Crippen molar-refractivity contribution in [2.75, 3.05) is 0 Å². The summed E-state index contributed by atoms with van der Waals surface area (Å²) in [4.78, 5) is 0. The number of hydrogen-bond donors (Lipinski definition) is 2. The van der Waals surface area contributed by atoms with E-state index in [-0.39, 0.29) is 11.7 Å². The van der Waals surface area contributed by atoms with E-state index in [9.17, 15) is 10.2 Å². The Morgan fingerprint density at radius 1 is 0.833 bits per heavy atom. The zero-order valence-corrected chi connectivity index (χ0v) is 13.4. The van der Waals surface area contributed by atoms with Gasteiger partial charge in [-0.25, -0.2) is 0 Å². The van der Waals surface area contributed by atoms with Crippen LogP contribution in [0.25, 0.3) is 0 Å². The summed E-state index contributed by atoms with van der Waals surface area (Å²) in [5, 5.41) is 21.2. The van der Waals surface area contributed by atoms with Crippen molar-refractivity contribution in [3.05, 3.63) is 101 Å². The van der Waals surface area contributed by atoms with Crippen LogP contribution in [0.15, 0.2) is 78.9 Å². The zero-order chi connectivity index (χ0) is 16.6. The van der Waals surface area contributed by atoms with E-state index in [2.05, 4.69) is 18.2 Å². The summed E-state index contributed by atoms with van der Waals surface area (Å²) in [5.41, 5.74) is 3.48. The van der Waals surface area contributed by atoms with Crippen molar-refractivity contribution in [1.29, 1.82) is 0 Å². The van der Waals surface area contributed by atoms with Crippen molar-refractivity contribution in [3.63, 3.8) is 0 Å². The van der Waals surface area contributed by atoms with E-state index in [1.165, 1.54) is 5.56 Å². The molecule has 120 valence electrons. The Balaban J connectivity index is 1.79. The third-order valence-corrected chi connectivity index (χ3v) is 5.10. The second-order valence-corrected chi connectivity index (χ2v) is 6.59. The first-order valence-electron chi connectivity index (χ1n) is 8.30. The average Bonchev–Trinajstić information content (AvgIpc) is 2.91. The van der Waals surface area contributed by atoms with Gasteiger partial charge in [-0.3, -0.25) is 0 Å². The van der Waals surface area contributed by atoms with E-state index in [0.29, 0.717) is 6.42 Å². The van der Waals surface area contributed by atoms with Gasteiger partial charge in [0.15, 0.2) is 0 Å².